The molecule has 15 heavy (non-hydrogen) atoms. The van der Waals surface area contributed by atoms with Crippen LogP contribution in [0.4, 0.5) is 0 Å². The number of ether oxygens (including phenoxy) is 1. The molecule has 0 saturated carbocycles. The van der Waals surface area contributed by atoms with Gasteiger partial charge in [-0.05, 0) is 22.4 Å². The summed E-state index contributed by atoms with van der Waals surface area (Å²) < 4.78 is 5.43. The summed E-state index contributed by atoms with van der Waals surface area (Å²) in [5.41, 5.74) is 1.10. The molecule has 1 N–H and O–H groups in total. The first-order valence-electron chi connectivity index (χ1n) is 4.21. The predicted molar refractivity (Wildman–Crippen MR) is 59.9 cm³/mol. The summed E-state index contributed by atoms with van der Waals surface area (Å²) >= 11 is 2.79. The maximum absolute atomic E-state index is 10.6. The maximum Gasteiger partial charge on any atom is 0.346 e. The van der Waals surface area contributed by atoms with E-state index in [9.17, 15) is 4.79 Å². The summed E-state index contributed by atoms with van der Waals surface area (Å²) in [6.07, 6.45) is 0. The number of rotatable bonds is 4. The van der Waals surface area contributed by atoms with E-state index in [0.717, 1.165) is 5.56 Å². The van der Waals surface area contributed by atoms with Crippen LogP contribution < -0.4 is 4.74 Å². The van der Waals surface area contributed by atoms with E-state index in [4.69, 9.17) is 9.84 Å². The molecule has 0 aliphatic rings. The van der Waals surface area contributed by atoms with Crippen molar-refractivity contribution in [2.45, 2.75) is 6.61 Å². The molecule has 0 radical (unpaired) electrons. The van der Waals surface area contributed by atoms with Gasteiger partial charge in [0.25, 0.3) is 0 Å². The summed E-state index contributed by atoms with van der Waals surface area (Å²) in [6, 6.07) is 3.52. The highest BCUT2D eigenvalue weighted by molar-refractivity contribution is 7.12. The molecule has 0 saturated heterocycles. The molecular formula is C10H8O3S2. The minimum Gasteiger partial charge on any atom is -0.488 e. The first kappa shape index (κ1) is 10.2. The molecule has 5 heteroatoms. The molecule has 0 spiro atoms. The van der Waals surface area contributed by atoms with Crippen LogP contribution in [0.5, 0.6) is 5.75 Å². The summed E-state index contributed by atoms with van der Waals surface area (Å²) in [5.74, 6) is -0.297. The van der Waals surface area contributed by atoms with E-state index in [0.29, 0.717) is 17.2 Å². The molecule has 2 aromatic rings. The Hall–Kier alpha value is -1.33. The molecule has 2 aromatic heterocycles. The van der Waals surface area contributed by atoms with Gasteiger partial charge in [0, 0.05) is 11.4 Å². The van der Waals surface area contributed by atoms with Crippen LogP contribution in [0, 0.1) is 0 Å². The van der Waals surface area contributed by atoms with Crippen molar-refractivity contribution in [1.29, 1.82) is 0 Å². The number of carbonyl (C=O) groups is 1. The fourth-order valence-corrected chi connectivity index (χ4v) is 2.37. The normalized spacial score (nSPS) is 10.1. The smallest absolute Gasteiger partial charge is 0.346 e. The third-order valence-electron chi connectivity index (χ3n) is 1.77. The molecule has 78 valence electrons. The van der Waals surface area contributed by atoms with Crippen molar-refractivity contribution in [2.75, 3.05) is 0 Å². The highest BCUT2D eigenvalue weighted by atomic mass is 32.1. The van der Waals surface area contributed by atoms with Gasteiger partial charge in [-0.25, -0.2) is 4.79 Å². The fourth-order valence-electron chi connectivity index (χ4n) is 1.05. The lowest BCUT2D eigenvalue weighted by atomic mass is 10.4. The summed E-state index contributed by atoms with van der Waals surface area (Å²) in [6.45, 7) is 0.485. The van der Waals surface area contributed by atoms with Crippen molar-refractivity contribution in [2.24, 2.45) is 0 Å². The van der Waals surface area contributed by atoms with Crippen molar-refractivity contribution in [3.05, 3.63) is 38.7 Å². The van der Waals surface area contributed by atoms with Gasteiger partial charge in [0.1, 0.15) is 17.2 Å². The molecule has 0 atom stereocenters. The predicted octanol–water partition coefficient (Wildman–Crippen LogP) is 3.09. The average molecular weight is 240 g/mol. The largest absolute Gasteiger partial charge is 0.488 e. The van der Waals surface area contributed by atoms with Crippen LogP contribution in [0.1, 0.15) is 15.2 Å². The van der Waals surface area contributed by atoms with E-state index < -0.39 is 5.97 Å². The SMILES string of the molecule is O=C(O)c1cc(OCc2ccsc2)cs1. The van der Waals surface area contributed by atoms with E-state index in [2.05, 4.69) is 0 Å². The minimum atomic E-state index is -0.912. The minimum absolute atomic E-state index is 0.301. The second-order valence-corrected chi connectivity index (χ2v) is 4.56. The zero-order chi connectivity index (χ0) is 10.7. The number of thiophene rings is 2. The highest BCUT2D eigenvalue weighted by Gasteiger charge is 2.07. The Kier molecular flexibility index (Phi) is 3.03. The number of hydrogen-bond donors (Lipinski definition) is 1. The van der Waals surface area contributed by atoms with Crippen LogP contribution in [-0.2, 0) is 6.61 Å². The third kappa shape index (κ3) is 2.57. The van der Waals surface area contributed by atoms with Crippen molar-refractivity contribution in [1.82, 2.24) is 0 Å². The zero-order valence-corrected chi connectivity index (χ0v) is 9.31. The van der Waals surface area contributed by atoms with Gasteiger partial charge in [0.15, 0.2) is 0 Å². The first-order chi connectivity index (χ1) is 7.25. The van der Waals surface area contributed by atoms with Gasteiger partial charge in [-0.3, -0.25) is 0 Å². The van der Waals surface area contributed by atoms with E-state index in [1.807, 2.05) is 16.8 Å². The first-order valence-corrected chi connectivity index (χ1v) is 6.03. The van der Waals surface area contributed by atoms with E-state index >= 15 is 0 Å². The van der Waals surface area contributed by atoms with Crippen molar-refractivity contribution >= 4 is 28.6 Å². The molecule has 0 aliphatic heterocycles. The van der Waals surface area contributed by atoms with Crippen LogP contribution in [-0.4, -0.2) is 11.1 Å². The lowest BCUT2D eigenvalue weighted by Crippen LogP contribution is -1.93. The van der Waals surface area contributed by atoms with Crippen molar-refractivity contribution in [3.8, 4) is 5.75 Å². The number of hydrogen-bond acceptors (Lipinski definition) is 4. The quantitative estimate of drug-likeness (QED) is 0.893. The number of carboxylic acid groups (broad SMARTS) is 1. The van der Waals surface area contributed by atoms with E-state index in [1.165, 1.54) is 11.3 Å². The maximum atomic E-state index is 10.6. The molecule has 2 rings (SSSR count). The highest BCUT2D eigenvalue weighted by Crippen LogP contribution is 2.22. The second kappa shape index (κ2) is 4.46. The van der Waals surface area contributed by atoms with E-state index in [1.54, 1.807) is 22.8 Å². The third-order valence-corrected chi connectivity index (χ3v) is 3.40. The van der Waals surface area contributed by atoms with Crippen LogP contribution in [0.15, 0.2) is 28.3 Å². The Morgan fingerprint density at radius 2 is 2.33 bits per heavy atom. The van der Waals surface area contributed by atoms with Crippen LogP contribution in [0.3, 0.4) is 0 Å². The van der Waals surface area contributed by atoms with Gasteiger partial charge in [0.2, 0.25) is 0 Å². The molecule has 3 nitrogen and oxygen atoms in total. The Labute approximate surface area is 94.6 Å². The van der Waals surface area contributed by atoms with E-state index in [-0.39, 0.29) is 0 Å². The molecule has 0 aliphatic carbocycles. The summed E-state index contributed by atoms with van der Waals surface area (Å²) in [5, 5.41) is 14.4. The molecular weight excluding hydrogens is 232 g/mol. The van der Waals surface area contributed by atoms with Gasteiger partial charge in [-0.1, -0.05) is 0 Å². The fraction of sp³-hybridized carbons (Fsp3) is 0.100. The topological polar surface area (TPSA) is 46.5 Å². The monoisotopic (exact) mass is 240 g/mol. The Balaban J connectivity index is 1.96. The molecule has 0 aromatic carbocycles. The summed E-state index contributed by atoms with van der Waals surface area (Å²) in [4.78, 5) is 10.9. The molecule has 0 unspecified atom stereocenters. The standard InChI is InChI=1S/C10H8O3S2/c11-10(12)9-3-8(6-15-9)13-4-7-1-2-14-5-7/h1-3,5-6H,4H2,(H,11,12). The average Bonchev–Trinajstić information content (AvgIpc) is 2.86. The van der Waals surface area contributed by atoms with Gasteiger partial charge in [-0.2, -0.15) is 11.3 Å². The van der Waals surface area contributed by atoms with Gasteiger partial charge in [0.05, 0.1) is 0 Å². The van der Waals surface area contributed by atoms with Gasteiger partial charge in [-0.15, -0.1) is 11.3 Å². The van der Waals surface area contributed by atoms with Crippen LogP contribution in [0.2, 0.25) is 0 Å². The Bertz CT molecular complexity index is 445. The number of aromatic carboxylic acids is 1. The summed E-state index contributed by atoms with van der Waals surface area (Å²) in [7, 11) is 0. The van der Waals surface area contributed by atoms with Gasteiger partial charge >= 0.3 is 5.97 Å². The molecule has 0 fully saturated rings. The number of carboxylic acids is 1. The van der Waals surface area contributed by atoms with Crippen LogP contribution in [0.25, 0.3) is 0 Å². The van der Waals surface area contributed by atoms with Crippen molar-refractivity contribution in [3.63, 3.8) is 0 Å². The lowest BCUT2D eigenvalue weighted by molar-refractivity contribution is 0.0702. The van der Waals surface area contributed by atoms with Gasteiger partial charge < -0.3 is 9.84 Å². The van der Waals surface area contributed by atoms with Crippen molar-refractivity contribution < 1.29 is 14.6 Å². The Morgan fingerprint density at radius 3 is 2.93 bits per heavy atom. The Morgan fingerprint density at radius 1 is 1.47 bits per heavy atom. The molecule has 2 heterocycles. The van der Waals surface area contributed by atoms with Crippen LogP contribution >= 0.6 is 22.7 Å². The second-order valence-electron chi connectivity index (χ2n) is 2.87. The molecule has 0 bridgehead atoms. The molecule has 0 amide bonds. The zero-order valence-electron chi connectivity index (χ0n) is 7.67. The lowest BCUT2D eigenvalue weighted by Gasteiger charge is -2.00.